The lowest BCUT2D eigenvalue weighted by Gasteiger charge is -2.40. The molecule has 0 aliphatic carbocycles. The second-order valence-electron chi connectivity index (χ2n) is 23.5. The summed E-state index contributed by atoms with van der Waals surface area (Å²) in [6.07, 6.45) is 6.45. The van der Waals surface area contributed by atoms with Crippen LogP contribution in [0.5, 0.6) is 11.5 Å². The van der Waals surface area contributed by atoms with E-state index in [1.54, 1.807) is 58.5 Å². The topological polar surface area (TPSA) is 272 Å². The highest BCUT2D eigenvalue weighted by molar-refractivity contribution is 5.96. The fraction of sp³-hybridized carbons (Fsp3) is 0.303. The van der Waals surface area contributed by atoms with Crippen LogP contribution in [0.25, 0.3) is 56.5 Å². The molecule has 12 aromatic rings. The lowest BCUT2D eigenvalue weighted by atomic mass is 9.90. The molecule has 92 heavy (non-hydrogen) atoms. The van der Waals surface area contributed by atoms with Crippen molar-refractivity contribution in [3.63, 3.8) is 0 Å². The van der Waals surface area contributed by atoms with Crippen LogP contribution in [0, 0.1) is 0 Å². The van der Waals surface area contributed by atoms with Gasteiger partial charge < -0.3 is 59.2 Å². The van der Waals surface area contributed by atoms with Gasteiger partial charge in [-0.1, -0.05) is 60.7 Å². The molecule has 14 rings (SSSR count). The minimum absolute atomic E-state index is 0.0778. The van der Waals surface area contributed by atoms with E-state index < -0.39 is 11.1 Å². The maximum atomic E-state index is 14.6. The molecule has 2 aliphatic heterocycles. The third-order valence-electron chi connectivity index (χ3n) is 17.0. The number of nitrogens with two attached hydrogens (primary N) is 2. The summed E-state index contributed by atoms with van der Waals surface area (Å²) < 4.78 is 29.0. The maximum Gasteiger partial charge on any atom is 0.255 e. The predicted molar refractivity (Wildman–Crippen MR) is 349 cm³/mol. The first kappa shape index (κ1) is 60.1. The molecule has 0 saturated carbocycles. The van der Waals surface area contributed by atoms with E-state index in [9.17, 15) is 9.59 Å². The van der Waals surface area contributed by atoms with Gasteiger partial charge in [-0.3, -0.25) is 9.59 Å². The van der Waals surface area contributed by atoms with Crippen LogP contribution in [-0.2, 0) is 20.7 Å². The molecular formula is C66H72N20O6. The second-order valence-corrected chi connectivity index (χ2v) is 23.5. The van der Waals surface area contributed by atoms with Gasteiger partial charge in [0.05, 0.1) is 35.7 Å². The largest absolute Gasteiger partial charge is 0.492 e. The predicted octanol–water partition coefficient (Wildman–Crippen LogP) is 6.74. The Bertz CT molecular complexity index is 4210. The van der Waals surface area contributed by atoms with Gasteiger partial charge in [0.15, 0.2) is 45.2 Å². The van der Waals surface area contributed by atoms with E-state index in [4.69, 9.17) is 40.0 Å². The fourth-order valence-electron chi connectivity index (χ4n) is 11.8. The van der Waals surface area contributed by atoms with Crippen molar-refractivity contribution in [3.8, 4) is 34.7 Å². The molecule has 0 bridgehead atoms. The van der Waals surface area contributed by atoms with Gasteiger partial charge in [0.25, 0.3) is 11.8 Å². The minimum Gasteiger partial charge on any atom is -0.492 e. The average Bonchev–Trinajstić information content (AvgIpc) is 1.50. The zero-order valence-corrected chi connectivity index (χ0v) is 52.2. The van der Waals surface area contributed by atoms with E-state index in [0.717, 1.165) is 47.1 Å². The summed E-state index contributed by atoms with van der Waals surface area (Å²) in [5, 5.41) is 19.7. The van der Waals surface area contributed by atoms with E-state index in [1.807, 2.05) is 137 Å². The van der Waals surface area contributed by atoms with E-state index in [2.05, 4.69) is 74.0 Å². The smallest absolute Gasteiger partial charge is 0.255 e. The highest BCUT2D eigenvalue weighted by atomic mass is 16.5. The van der Waals surface area contributed by atoms with Crippen LogP contribution < -0.4 is 30.7 Å². The van der Waals surface area contributed by atoms with E-state index >= 15 is 0 Å². The highest BCUT2D eigenvalue weighted by Crippen LogP contribution is 2.37. The molecule has 4 aromatic carbocycles. The fourth-order valence-corrected chi connectivity index (χ4v) is 11.8. The van der Waals surface area contributed by atoms with E-state index in [0.29, 0.717) is 122 Å². The van der Waals surface area contributed by atoms with Gasteiger partial charge in [0.2, 0.25) is 23.5 Å². The van der Waals surface area contributed by atoms with Crippen molar-refractivity contribution in [3.05, 3.63) is 170 Å². The number of aromatic nitrogens is 12. The highest BCUT2D eigenvalue weighted by Gasteiger charge is 2.45. The standard InChI is InChI=1S/2C33H36N10O3/c2*1-33(23-8-5-4-6-9-23,31(44)41-17-15-40(16-18-41)24-11-13-25(14-12-24)45-21-19-39(2)3)43-30-26(22-35-43)29-36-28(27-10-7-20-46-27)38-42(29)32(34)37-30/h2*4-14,20,22H,15-19,21H2,1-3H3,(H2,34,37)/t2*33-/m10/s1. The molecule has 2 saturated heterocycles. The molecule has 0 radical (unpaired) electrons. The number of furan rings is 2. The lowest BCUT2D eigenvalue weighted by Crippen LogP contribution is -2.56. The number of nitrogen functional groups attached to an aromatic ring is 2. The van der Waals surface area contributed by atoms with Crippen LogP contribution in [0.2, 0.25) is 0 Å². The third-order valence-corrected chi connectivity index (χ3v) is 17.0. The number of hydrogen-bond acceptors (Lipinski definition) is 20. The first-order valence-electron chi connectivity index (χ1n) is 30.5. The Kier molecular flexibility index (Phi) is 16.5. The number of hydrogen-bond donors (Lipinski definition) is 2. The van der Waals surface area contributed by atoms with Crippen LogP contribution in [0.4, 0.5) is 23.3 Å². The summed E-state index contributed by atoms with van der Waals surface area (Å²) in [6, 6.07) is 42.7. The maximum absolute atomic E-state index is 14.6. The molecule has 0 unspecified atom stereocenters. The molecule has 2 aliphatic rings. The summed E-state index contributed by atoms with van der Waals surface area (Å²) in [5.41, 5.74) is 16.0. The van der Waals surface area contributed by atoms with Crippen LogP contribution in [0.15, 0.2) is 167 Å². The van der Waals surface area contributed by atoms with Crippen LogP contribution >= 0.6 is 0 Å². The van der Waals surface area contributed by atoms with Crippen molar-refractivity contribution < 1.29 is 27.9 Å². The van der Waals surface area contributed by atoms with Crippen molar-refractivity contribution in [2.75, 3.05) is 128 Å². The molecule has 4 N–H and O–H groups in total. The van der Waals surface area contributed by atoms with Crippen molar-refractivity contribution in [1.82, 2.24) is 78.3 Å². The van der Waals surface area contributed by atoms with E-state index in [1.165, 1.54) is 9.03 Å². The monoisotopic (exact) mass is 1240 g/mol. The number of rotatable bonds is 18. The minimum atomic E-state index is -1.21. The van der Waals surface area contributed by atoms with Gasteiger partial charge >= 0.3 is 0 Å². The van der Waals surface area contributed by atoms with Gasteiger partial charge in [-0.05, 0) is 126 Å². The Morgan fingerprint density at radius 3 is 1.22 bits per heavy atom. The van der Waals surface area contributed by atoms with Gasteiger partial charge in [-0.2, -0.15) is 29.2 Å². The quantitative estimate of drug-likeness (QED) is 0.0900. The molecule has 26 nitrogen and oxygen atoms in total. The third kappa shape index (κ3) is 11.5. The zero-order chi connectivity index (χ0) is 63.7. The van der Waals surface area contributed by atoms with E-state index in [-0.39, 0.29) is 23.7 Å². The second kappa shape index (κ2) is 25.2. The first-order chi connectivity index (χ1) is 44.6. The van der Waals surface area contributed by atoms with Crippen LogP contribution in [-0.4, -0.2) is 197 Å². The summed E-state index contributed by atoms with van der Waals surface area (Å²) in [6.45, 7) is 11.7. The van der Waals surface area contributed by atoms with Gasteiger partial charge in [-0.25, -0.2) is 19.3 Å². The van der Waals surface area contributed by atoms with Gasteiger partial charge in [0, 0.05) is 76.8 Å². The Balaban J connectivity index is 0.000000168. The number of fused-ring (bicyclic) bond motifs is 6. The summed E-state index contributed by atoms with van der Waals surface area (Å²) in [5.74, 6) is 3.57. The molecular weight excluding hydrogens is 1170 g/mol. The number of carbonyl (C=O) groups excluding carboxylic acids is 2. The number of likely N-dealkylation sites (N-methyl/N-ethyl adjacent to an activating group) is 2. The molecule has 2 amide bonds. The summed E-state index contributed by atoms with van der Waals surface area (Å²) >= 11 is 0. The van der Waals surface area contributed by atoms with Crippen molar-refractivity contribution in [1.29, 1.82) is 0 Å². The summed E-state index contributed by atoms with van der Waals surface area (Å²) in [4.78, 5) is 60.6. The molecule has 2 fully saturated rings. The van der Waals surface area contributed by atoms with Crippen LogP contribution in [0.1, 0.15) is 25.0 Å². The SMILES string of the molecule is CN(C)CCOc1ccc(N2CCN(C(=O)[C@@](C)(c3ccccc3)n3ncc4c3nc(N)n3nc(-c5ccco5)nc43)CC2)cc1.CN(C)CCOc1ccc(N2CCN(C(=O)[C@](C)(c3ccccc3)n3ncc4c3nc(N)n3nc(-c5ccco5)nc43)CC2)cc1. The molecule has 26 heteroatoms. The number of amides is 2. The number of carbonyl (C=O) groups is 2. The molecule has 2 atom stereocenters. The van der Waals surface area contributed by atoms with Gasteiger partial charge in [0.1, 0.15) is 24.7 Å². The number of nitrogens with zero attached hydrogens (tertiary/aromatic N) is 18. The average molecular weight is 1240 g/mol. The molecule has 472 valence electrons. The Hall–Kier alpha value is -10.9. The number of ether oxygens (including phenoxy) is 2. The molecule has 10 heterocycles. The Labute approximate surface area is 529 Å². The van der Waals surface area contributed by atoms with Crippen LogP contribution in [0.3, 0.4) is 0 Å². The van der Waals surface area contributed by atoms with Gasteiger partial charge in [-0.15, -0.1) is 10.2 Å². The first-order valence-corrected chi connectivity index (χ1v) is 30.5. The number of piperazine rings is 2. The Morgan fingerprint density at radius 1 is 0.489 bits per heavy atom. The van der Waals surface area contributed by atoms with Crippen molar-refractivity contribution >= 4 is 68.4 Å². The lowest BCUT2D eigenvalue weighted by molar-refractivity contribution is -0.139. The Morgan fingerprint density at radius 2 is 0.870 bits per heavy atom. The number of anilines is 4. The normalized spacial score (nSPS) is 15.1. The number of benzene rings is 4. The molecule has 8 aromatic heterocycles. The van der Waals surface area contributed by atoms with Crippen molar-refractivity contribution in [2.24, 2.45) is 0 Å². The summed E-state index contributed by atoms with van der Waals surface area (Å²) in [7, 11) is 8.10. The zero-order valence-electron chi connectivity index (χ0n) is 52.2. The van der Waals surface area contributed by atoms with Crippen molar-refractivity contribution in [2.45, 2.75) is 24.9 Å². The molecule has 0 spiro atoms.